The van der Waals surface area contributed by atoms with E-state index in [2.05, 4.69) is 10.3 Å². The standard InChI is InChI=1S/C22H22N4O4/c1-3-9-16-19(21(27)30-4-2)20(14-10-5-7-12-17(14)26(28)29)25-18-13-8-6-11-15(18)23-22(25)24-16/h5-8,10-13,20H,3-4,9H2,1-2H3,(H,23,24). The Kier molecular flexibility index (Phi) is 5.22. The SMILES string of the molecule is CCCC1=C(C(=O)OCC)C(c2ccccc2[N+](=O)[O-])n2c(nc3ccccc32)N1. The summed E-state index contributed by atoms with van der Waals surface area (Å²) in [5.41, 5.74) is 2.95. The summed E-state index contributed by atoms with van der Waals surface area (Å²) in [4.78, 5) is 29.2. The number of esters is 1. The average molecular weight is 406 g/mol. The number of nitro benzene ring substituents is 1. The molecule has 1 aromatic heterocycles. The van der Waals surface area contributed by atoms with Gasteiger partial charge in [-0.3, -0.25) is 14.7 Å². The van der Waals surface area contributed by atoms with Gasteiger partial charge in [0.05, 0.1) is 33.7 Å². The molecule has 2 heterocycles. The number of carbonyl (C=O) groups is 1. The van der Waals surface area contributed by atoms with Crippen LogP contribution >= 0.6 is 0 Å². The van der Waals surface area contributed by atoms with Crippen LogP contribution in [0.3, 0.4) is 0 Å². The van der Waals surface area contributed by atoms with Crippen LogP contribution in [0, 0.1) is 10.1 Å². The Morgan fingerprint density at radius 2 is 1.93 bits per heavy atom. The molecule has 0 amide bonds. The highest BCUT2D eigenvalue weighted by Crippen LogP contribution is 2.43. The highest BCUT2D eigenvalue weighted by molar-refractivity contribution is 5.94. The highest BCUT2D eigenvalue weighted by atomic mass is 16.6. The summed E-state index contributed by atoms with van der Waals surface area (Å²) in [6.07, 6.45) is 1.38. The topological polar surface area (TPSA) is 99.3 Å². The molecular formula is C22H22N4O4. The zero-order valence-electron chi connectivity index (χ0n) is 16.8. The molecule has 0 saturated heterocycles. The quantitative estimate of drug-likeness (QED) is 0.365. The number of fused-ring (bicyclic) bond motifs is 3. The number of benzene rings is 2. The maximum atomic E-state index is 13.1. The number of anilines is 1. The van der Waals surface area contributed by atoms with E-state index in [-0.39, 0.29) is 12.3 Å². The molecule has 1 N–H and O–H groups in total. The molecule has 4 rings (SSSR count). The molecule has 154 valence electrons. The van der Waals surface area contributed by atoms with Crippen molar-refractivity contribution in [2.24, 2.45) is 0 Å². The Morgan fingerprint density at radius 1 is 1.20 bits per heavy atom. The molecule has 30 heavy (non-hydrogen) atoms. The normalized spacial score (nSPS) is 15.6. The number of rotatable bonds is 6. The molecule has 3 aromatic rings. The number of hydrogen-bond acceptors (Lipinski definition) is 6. The summed E-state index contributed by atoms with van der Waals surface area (Å²) in [5, 5.41) is 15.1. The number of imidazole rings is 1. The van der Waals surface area contributed by atoms with E-state index in [4.69, 9.17) is 4.74 Å². The summed E-state index contributed by atoms with van der Waals surface area (Å²) in [7, 11) is 0. The third-order valence-corrected chi connectivity index (χ3v) is 5.14. The zero-order chi connectivity index (χ0) is 21.3. The predicted octanol–water partition coefficient (Wildman–Crippen LogP) is 4.58. The number of allylic oxidation sites excluding steroid dienone is 1. The average Bonchev–Trinajstić information content (AvgIpc) is 3.11. The second kappa shape index (κ2) is 7.98. The minimum absolute atomic E-state index is 0.0502. The van der Waals surface area contributed by atoms with E-state index in [1.54, 1.807) is 25.1 Å². The monoisotopic (exact) mass is 406 g/mol. The van der Waals surface area contributed by atoms with Gasteiger partial charge in [-0.1, -0.05) is 37.6 Å². The number of para-hydroxylation sites is 3. The van der Waals surface area contributed by atoms with Crippen molar-refractivity contribution >= 4 is 28.6 Å². The largest absolute Gasteiger partial charge is 0.463 e. The molecule has 8 nitrogen and oxygen atoms in total. The molecule has 0 spiro atoms. The minimum atomic E-state index is -0.726. The summed E-state index contributed by atoms with van der Waals surface area (Å²) in [6, 6.07) is 13.3. The number of carbonyl (C=O) groups excluding carboxylic acids is 1. The van der Waals surface area contributed by atoms with Crippen molar-refractivity contribution in [1.82, 2.24) is 9.55 Å². The second-order valence-electron chi connectivity index (χ2n) is 7.00. The smallest absolute Gasteiger partial charge is 0.338 e. The van der Waals surface area contributed by atoms with E-state index in [0.717, 1.165) is 17.5 Å². The third-order valence-electron chi connectivity index (χ3n) is 5.14. The van der Waals surface area contributed by atoms with Gasteiger partial charge in [-0.05, 0) is 31.5 Å². The van der Waals surface area contributed by atoms with Gasteiger partial charge in [0.15, 0.2) is 0 Å². The molecule has 1 atom stereocenters. The Morgan fingerprint density at radius 3 is 2.67 bits per heavy atom. The molecule has 0 saturated carbocycles. The van der Waals surface area contributed by atoms with Crippen LogP contribution in [-0.4, -0.2) is 27.1 Å². The maximum absolute atomic E-state index is 13.1. The molecule has 0 radical (unpaired) electrons. The number of aromatic nitrogens is 2. The van der Waals surface area contributed by atoms with Crippen molar-refractivity contribution in [3.63, 3.8) is 0 Å². The van der Waals surface area contributed by atoms with Gasteiger partial charge in [0, 0.05) is 11.8 Å². The molecular weight excluding hydrogens is 384 g/mol. The van der Waals surface area contributed by atoms with Gasteiger partial charge in [-0.25, -0.2) is 9.78 Å². The van der Waals surface area contributed by atoms with Crippen LogP contribution in [0.2, 0.25) is 0 Å². The Bertz CT molecular complexity index is 1160. The molecule has 0 bridgehead atoms. The Balaban J connectivity index is 2.05. The van der Waals surface area contributed by atoms with Crippen LogP contribution in [0.1, 0.15) is 38.3 Å². The van der Waals surface area contributed by atoms with Gasteiger partial charge in [0.1, 0.15) is 6.04 Å². The van der Waals surface area contributed by atoms with E-state index < -0.39 is 16.9 Å². The predicted molar refractivity (Wildman–Crippen MR) is 113 cm³/mol. The van der Waals surface area contributed by atoms with Gasteiger partial charge < -0.3 is 10.1 Å². The summed E-state index contributed by atoms with van der Waals surface area (Å²) in [5.74, 6) is 0.0656. The first-order chi connectivity index (χ1) is 14.6. The third kappa shape index (κ3) is 3.20. The first-order valence-electron chi connectivity index (χ1n) is 9.94. The fourth-order valence-corrected chi connectivity index (χ4v) is 3.96. The van der Waals surface area contributed by atoms with E-state index in [9.17, 15) is 14.9 Å². The molecule has 1 aliphatic rings. The van der Waals surface area contributed by atoms with Gasteiger partial charge in [-0.15, -0.1) is 0 Å². The van der Waals surface area contributed by atoms with Crippen LogP contribution < -0.4 is 5.32 Å². The molecule has 0 fully saturated rings. The molecule has 1 unspecified atom stereocenters. The van der Waals surface area contributed by atoms with Crippen LogP contribution in [0.5, 0.6) is 0 Å². The minimum Gasteiger partial charge on any atom is -0.463 e. The van der Waals surface area contributed by atoms with Crippen molar-refractivity contribution in [2.75, 3.05) is 11.9 Å². The van der Waals surface area contributed by atoms with Crippen molar-refractivity contribution in [2.45, 2.75) is 32.7 Å². The Labute approximate surface area is 173 Å². The van der Waals surface area contributed by atoms with Crippen LogP contribution in [0.25, 0.3) is 11.0 Å². The molecule has 1 aliphatic heterocycles. The molecule has 8 heteroatoms. The van der Waals surface area contributed by atoms with E-state index in [1.165, 1.54) is 6.07 Å². The Hall–Kier alpha value is -3.68. The fourth-order valence-electron chi connectivity index (χ4n) is 3.96. The van der Waals surface area contributed by atoms with Gasteiger partial charge in [-0.2, -0.15) is 0 Å². The van der Waals surface area contributed by atoms with Crippen molar-refractivity contribution in [1.29, 1.82) is 0 Å². The number of nitrogens with one attached hydrogen (secondary N) is 1. The maximum Gasteiger partial charge on any atom is 0.338 e. The summed E-state index contributed by atoms with van der Waals surface area (Å²) in [6.45, 7) is 3.96. The number of ether oxygens (including phenoxy) is 1. The molecule has 2 aromatic carbocycles. The lowest BCUT2D eigenvalue weighted by molar-refractivity contribution is -0.385. The lowest BCUT2D eigenvalue weighted by atomic mass is 9.92. The van der Waals surface area contributed by atoms with Gasteiger partial charge in [0.25, 0.3) is 5.69 Å². The second-order valence-corrected chi connectivity index (χ2v) is 7.00. The van der Waals surface area contributed by atoms with Crippen LogP contribution in [0.4, 0.5) is 11.6 Å². The molecule has 0 aliphatic carbocycles. The fraction of sp³-hybridized carbons (Fsp3) is 0.273. The lowest BCUT2D eigenvalue weighted by Crippen LogP contribution is -2.30. The van der Waals surface area contributed by atoms with Crippen molar-refractivity contribution in [3.8, 4) is 0 Å². The summed E-state index contributed by atoms with van der Waals surface area (Å²) < 4.78 is 7.22. The highest BCUT2D eigenvalue weighted by Gasteiger charge is 2.38. The van der Waals surface area contributed by atoms with E-state index in [0.29, 0.717) is 29.2 Å². The lowest BCUT2D eigenvalue weighted by Gasteiger charge is -2.31. The number of nitro groups is 1. The first-order valence-corrected chi connectivity index (χ1v) is 9.94. The zero-order valence-corrected chi connectivity index (χ0v) is 16.8. The van der Waals surface area contributed by atoms with Gasteiger partial charge >= 0.3 is 5.97 Å². The van der Waals surface area contributed by atoms with E-state index >= 15 is 0 Å². The van der Waals surface area contributed by atoms with Crippen molar-refractivity contribution < 1.29 is 14.5 Å². The summed E-state index contributed by atoms with van der Waals surface area (Å²) >= 11 is 0. The number of nitrogens with zero attached hydrogens (tertiary/aromatic N) is 3. The van der Waals surface area contributed by atoms with Gasteiger partial charge in [0.2, 0.25) is 5.95 Å². The van der Waals surface area contributed by atoms with Crippen molar-refractivity contribution in [3.05, 3.63) is 75.5 Å². The van der Waals surface area contributed by atoms with Crippen LogP contribution in [0.15, 0.2) is 59.8 Å². The number of hydrogen-bond donors (Lipinski definition) is 1. The van der Waals surface area contributed by atoms with E-state index in [1.807, 2.05) is 35.8 Å². The first kappa shape index (κ1) is 19.6. The van der Waals surface area contributed by atoms with Crippen LogP contribution in [-0.2, 0) is 9.53 Å².